The second-order valence-corrected chi connectivity index (χ2v) is 11.0. The second-order valence-electron chi connectivity index (χ2n) is 11.0. The van der Waals surface area contributed by atoms with Crippen molar-refractivity contribution in [2.45, 2.75) is 56.0 Å². The third kappa shape index (κ3) is 6.04. The number of alkyl halides is 3. The summed E-state index contributed by atoms with van der Waals surface area (Å²) in [5.41, 5.74) is -1.09. The fourth-order valence-corrected chi connectivity index (χ4v) is 6.56. The number of nitrogens with zero attached hydrogens (tertiary/aromatic N) is 2. The average molecular weight is 547 g/mol. The third-order valence-corrected chi connectivity index (χ3v) is 8.46. The van der Waals surface area contributed by atoms with Gasteiger partial charge in [0.2, 0.25) is 11.8 Å². The summed E-state index contributed by atoms with van der Waals surface area (Å²) in [5, 5.41) is 16.7. The number of carbonyl (C=O) groups excluding carboxylic acids is 2. The molecule has 0 spiro atoms. The van der Waals surface area contributed by atoms with Crippen LogP contribution in [0.2, 0.25) is 0 Å². The van der Waals surface area contributed by atoms with Crippen molar-refractivity contribution < 1.29 is 32.6 Å². The zero-order valence-corrected chi connectivity index (χ0v) is 21.7. The van der Waals surface area contributed by atoms with Crippen molar-refractivity contribution in [2.75, 3.05) is 26.7 Å². The number of rotatable bonds is 7. The molecule has 0 bridgehead atoms. The summed E-state index contributed by atoms with van der Waals surface area (Å²) in [4.78, 5) is 31.3. The molecule has 3 aliphatic rings. The van der Waals surface area contributed by atoms with Gasteiger partial charge in [-0.3, -0.25) is 14.5 Å². The first kappa shape index (κ1) is 27.4. The van der Waals surface area contributed by atoms with Gasteiger partial charge in [0.1, 0.15) is 0 Å². The van der Waals surface area contributed by atoms with Crippen molar-refractivity contribution in [3.8, 4) is 5.88 Å². The number of likely N-dealkylation sites (tertiary alicyclic amines) is 1. The van der Waals surface area contributed by atoms with Crippen molar-refractivity contribution >= 4 is 11.8 Å². The number of methoxy groups -OCH3 is 1. The van der Waals surface area contributed by atoms with Crippen LogP contribution in [0.4, 0.5) is 13.2 Å². The number of pyridine rings is 1. The van der Waals surface area contributed by atoms with Crippen LogP contribution in [0.5, 0.6) is 5.88 Å². The van der Waals surface area contributed by atoms with Gasteiger partial charge < -0.3 is 20.5 Å². The summed E-state index contributed by atoms with van der Waals surface area (Å²) < 4.78 is 43.8. The van der Waals surface area contributed by atoms with Gasteiger partial charge in [-0.25, -0.2) is 4.98 Å². The zero-order valence-electron chi connectivity index (χ0n) is 21.7. The Balaban J connectivity index is 1.06. The van der Waals surface area contributed by atoms with Gasteiger partial charge >= 0.3 is 6.18 Å². The highest BCUT2D eigenvalue weighted by atomic mass is 19.4. The van der Waals surface area contributed by atoms with E-state index in [0.29, 0.717) is 43.1 Å². The number of aliphatic hydroxyl groups is 1. The number of hydrogen-bond donors (Lipinski definition) is 3. The maximum Gasteiger partial charge on any atom is 0.416 e. The van der Waals surface area contributed by atoms with Crippen molar-refractivity contribution in [1.82, 2.24) is 20.5 Å². The van der Waals surface area contributed by atoms with Gasteiger partial charge in [0.15, 0.2) is 0 Å². The van der Waals surface area contributed by atoms with Crippen LogP contribution in [0.25, 0.3) is 0 Å². The van der Waals surface area contributed by atoms with Crippen LogP contribution >= 0.6 is 0 Å². The zero-order chi connectivity index (χ0) is 27.8. The molecule has 1 aromatic heterocycles. The predicted octanol–water partition coefficient (Wildman–Crippen LogP) is 3.11. The Morgan fingerprint density at radius 3 is 2.56 bits per heavy atom. The summed E-state index contributed by atoms with van der Waals surface area (Å²) in [5.74, 6) is 0.286. The lowest BCUT2D eigenvalue weighted by molar-refractivity contribution is -0.137. The SMILES string of the molecule is COc1ccc(C2(O)C[C@H]3CC(N4CC[C@@H](NC(=O)CNC(=O)c5cccc(C(F)(F)F)c5)C4)C[C@H]3C2)cn1. The quantitative estimate of drug-likeness (QED) is 0.493. The first-order valence-electron chi connectivity index (χ1n) is 13.3. The molecule has 2 aromatic rings. The number of nitrogens with one attached hydrogen (secondary N) is 2. The van der Waals surface area contributed by atoms with E-state index in [0.717, 1.165) is 43.5 Å². The minimum absolute atomic E-state index is 0.0503. The highest BCUT2D eigenvalue weighted by molar-refractivity contribution is 5.96. The first-order chi connectivity index (χ1) is 18.5. The second kappa shape index (κ2) is 10.8. The maximum absolute atomic E-state index is 12.9. The normalized spacial score (nSPS) is 28.7. The van der Waals surface area contributed by atoms with Crippen LogP contribution < -0.4 is 15.4 Å². The van der Waals surface area contributed by atoms with Crippen molar-refractivity contribution in [1.29, 1.82) is 0 Å². The molecule has 3 N–H and O–H groups in total. The topological polar surface area (TPSA) is 104 Å². The van der Waals surface area contributed by atoms with E-state index in [1.54, 1.807) is 19.4 Å². The Kier molecular flexibility index (Phi) is 7.56. The van der Waals surface area contributed by atoms with E-state index < -0.39 is 23.2 Å². The van der Waals surface area contributed by atoms with Crippen molar-refractivity contribution in [3.63, 3.8) is 0 Å². The van der Waals surface area contributed by atoms with Crippen molar-refractivity contribution in [3.05, 3.63) is 59.3 Å². The number of carbonyl (C=O) groups is 2. The summed E-state index contributed by atoms with van der Waals surface area (Å²) in [6, 6.07) is 8.13. The lowest BCUT2D eigenvalue weighted by Crippen LogP contribution is -2.44. The summed E-state index contributed by atoms with van der Waals surface area (Å²) in [7, 11) is 1.56. The fraction of sp³-hybridized carbons (Fsp3) is 0.536. The van der Waals surface area contributed by atoms with E-state index in [-0.39, 0.29) is 24.1 Å². The number of benzene rings is 1. The standard InChI is InChI=1S/C28H33F3N4O4/c1-39-25-6-5-21(14-32-25)27(38)12-18-10-23(11-19(18)13-27)35-8-7-22(16-35)34-24(36)15-33-26(37)17-3-2-4-20(9-17)28(29,30)31/h2-6,9,14,18-19,22-23,38H,7-8,10-13,15-16H2,1H3,(H,33,37)(H,34,36)/t18-,19+,22-,23?,27?/m1/s1. The Bertz CT molecular complexity index is 1190. The van der Waals surface area contributed by atoms with Crippen LogP contribution in [0.15, 0.2) is 42.6 Å². The lowest BCUT2D eigenvalue weighted by Gasteiger charge is -2.28. The van der Waals surface area contributed by atoms with E-state index in [1.807, 2.05) is 6.07 Å². The van der Waals surface area contributed by atoms with Crippen LogP contribution in [-0.4, -0.2) is 65.6 Å². The molecule has 2 heterocycles. The molecule has 3 fully saturated rings. The lowest BCUT2D eigenvalue weighted by atomic mass is 9.90. The number of aromatic nitrogens is 1. The summed E-state index contributed by atoms with van der Waals surface area (Å²) in [6.07, 6.45) is 1.38. The Labute approximate surface area is 224 Å². The molecular weight excluding hydrogens is 513 g/mol. The number of halogens is 3. The highest BCUT2D eigenvalue weighted by Gasteiger charge is 2.51. The monoisotopic (exact) mass is 546 g/mol. The minimum Gasteiger partial charge on any atom is -0.481 e. The first-order valence-corrected chi connectivity index (χ1v) is 13.3. The van der Waals surface area contributed by atoms with Gasteiger partial charge in [-0.05, 0) is 68.2 Å². The highest BCUT2D eigenvalue weighted by Crippen LogP contribution is 2.53. The molecule has 8 nitrogen and oxygen atoms in total. The van der Waals surface area contributed by atoms with Crippen LogP contribution in [-0.2, 0) is 16.6 Å². The van der Waals surface area contributed by atoms with Gasteiger partial charge in [-0.2, -0.15) is 13.2 Å². The number of fused-ring (bicyclic) bond motifs is 1. The number of ether oxygens (including phenoxy) is 1. The van der Waals surface area contributed by atoms with Gasteiger partial charge in [0, 0.05) is 48.6 Å². The molecule has 1 saturated heterocycles. The third-order valence-electron chi connectivity index (χ3n) is 8.46. The van der Waals surface area contributed by atoms with Crippen LogP contribution in [0.3, 0.4) is 0 Å². The molecule has 2 amide bonds. The maximum atomic E-state index is 12.9. The molecule has 11 heteroatoms. The molecule has 210 valence electrons. The largest absolute Gasteiger partial charge is 0.481 e. The van der Waals surface area contributed by atoms with Crippen molar-refractivity contribution in [2.24, 2.45) is 11.8 Å². The van der Waals surface area contributed by atoms with Gasteiger partial charge in [0.05, 0.1) is 24.8 Å². The van der Waals surface area contributed by atoms with Gasteiger partial charge in [0.25, 0.3) is 5.91 Å². The Morgan fingerprint density at radius 2 is 1.92 bits per heavy atom. The van der Waals surface area contributed by atoms with E-state index in [9.17, 15) is 27.9 Å². The fourth-order valence-electron chi connectivity index (χ4n) is 6.56. The molecule has 2 aliphatic carbocycles. The summed E-state index contributed by atoms with van der Waals surface area (Å²) >= 11 is 0. The predicted molar refractivity (Wildman–Crippen MR) is 136 cm³/mol. The Morgan fingerprint density at radius 1 is 1.18 bits per heavy atom. The smallest absolute Gasteiger partial charge is 0.416 e. The molecule has 39 heavy (non-hydrogen) atoms. The van der Waals surface area contributed by atoms with Gasteiger partial charge in [-0.1, -0.05) is 6.07 Å². The number of amides is 2. The Hall–Kier alpha value is -3.18. The molecule has 1 aromatic carbocycles. The summed E-state index contributed by atoms with van der Waals surface area (Å²) in [6.45, 7) is 1.26. The van der Waals surface area contributed by atoms with Crippen LogP contribution in [0, 0.1) is 11.8 Å². The molecule has 2 unspecified atom stereocenters. The molecule has 5 rings (SSSR count). The molecular formula is C28H33F3N4O4. The number of hydrogen-bond acceptors (Lipinski definition) is 6. The molecule has 0 radical (unpaired) electrons. The minimum atomic E-state index is -4.55. The average Bonchev–Trinajstić information content (AvgIpc) is 3.61. The van der Waals surface area contributed by atoms with Crippen LogP contribution in [0.1, 0.15) is 53.6 Å². The van der Waals surface area contributed by atoms with E-state index >= 15 is 0 Å². The van der Waals surface area contributed by atoms with E-state index in [1.165, 1.54) is 12.1 Å². The molecule has 1 aliphatic heterocycles. The molecule has 5 atom stereocenters. The van der Waals surface area contributed by atoms with Gasteiger partial charge in [-0.15, -0.1) is 0 Å². The van der Waals surface area contributed by atoms with E-state index in [2.05, 4.69) is 20.5 Å². The van der Waals surface area contributed by atoms with E-state index in [4.69, 9.17) is 4.74 Å². The molecule has 2 saturated carbocycles.